The summed E-state index contributed by atoms with van der Waals surface area (Å²) in [7, 11) is 0. The minimum atomic E-state index is -0.765. The minimum absolute atomic E-state index is 0.106. The Kier molecular flexibility index (Phi) is 3.88. The van der Waals surface area contributed by atoms with Crippen LogP contribution in [0.15, 0.2) is 18.2 Å². The highest BCUT2D eigenvalue weighted by molar-refractivity contribution is 5.94. The number of β-amino-alcohol motifs (C(OH)–C–C–N with tert-alkyl or cyclic N) is 1. The fourth-order valence-electron chi connectivity index (χ4n) is 1.92. The number of amides is 1. The van der Waals surface area contributed by atoms with Crippen molar-refractivity contribution >= 4 is 5.91 Å². The Morgan fingerprint density at radius 3 is 2.89 bits per heavy atom. The first-order valence-electron chi connectivity index (χ1n) is 5.70. The van der Waals surface area contributed by atoms with Crippen LogP contribution in [0.2, 0.25) is 0 Å². The molecule has 1 aromatic rings. The number of benzene rings is 1. The molecule has 1 amide bonds. The molecule has 2 rings (SSSR count). The maximum atomic E-state index is 13.3. The minimum Gasteiger partial charge on any atom is -0.391 e. The van der Waals surface area contributed by atoms with Crippen LogP contribution in [0.25, 0.3) is 0 Å². The number of carbonyl (C=O) groups is 1. The average Bonchev–Trinajstić information content (AvgIpc) is 2.75. The molecule has 4 nitrogen and oxygen atoms in total. The van der Waals surface area contributed by atoms with Gasteiger partial charge < -0.3 is 15.7 Å². The molecule has 1 aliphatic rings. The number of hydrogen-bond donors (Lipinski definition) is 3. The number of aliphatic hydroxyl groups is 1. The maximum absolute atomic E-state index is 13.3. The second-order valence-corrected chi connectivity index (χ2v) is 4.32. The van der Waals surface area contributed by atoms with Crippen LogP contribution in [0.3, 0.4) is 0 Å². The maximum Gasteiger partial charge on any atom is 0.254 e. The molecule has 6 heteroatoms. The summed E-state index contributed by atoms with van der Waals surface area (Å²) >= 11 is 0. The van der Waals surface area contributed by atoms with E-state index in [-0.39, 0.29) is 18.0 Å². The highest BCUT2D eigenvalue weighted by Gasteiger charge is 2.25. The Balaban J connectivity index is 1.97. The smallest absolute Gasteiger partial charge is 0.254 e. The standard InChI is InChI=1S/C12H14F2N2O2/c13-8-1-2-10(14)9(3-8)12(18)16-5-7-4-15-6-11(7)17/h1-3,7,11,15,17H,4-6H2,(H,16,18). The summed E-state index contributed by atoms with van der Waals surface area (Å²) in [5.41, 5.74) is -0.324. The van der Waals surface area contributed by atoms with Gasteiger partial charge in [-0.3, -0.25) is 4.79 Å². The molecule has 2 atom stereocenters. The van der Waals surface area contributed by atoms with Gasteiger partial charge in [0.1, 0.15) is 11.6 Å². The van der Waals surface area contributed by atoms with Gasteiger partial charge in [0.05, 0.1) is 11.7 Å². The normalized spacial score (nSPS) is 23.1. The van der Waals surface area contributed by atoms with Crippen molar-refractivity contribution in [2.75, 3.05) is 19.6 Å². The van der Waals surface area contributed by atoms with Crippen molar-refractivity contribution in [1.29, 1.82) is 0 Å². The van der Waals surface area contributed by atoms with E-state index in [2.05, 4.69) is 10.6 Å². The Labute approximate surface area is 103 Å². The van der Waals surface area contributed by atoms with Crippen molar-refractivity contribution < 1.29 is 18.7 Å². The fourth-order valence-corrected chi connectivity index (χ4v) is 1.92. The zero-order valence-electron chi connectivity index (χ0n) is 9.62. The number of hydrogen-bond acceptors (Lipinski definition) is 3. The molecule has 0 aromatic heterocycles. The summed E-state index contributed by atoms with van der Waals surface area (Å²) in [6.07, 6.45) is -0.525. The predicted molar refractivity (Wildman–Crippen MR) is 61.1 cm³/mol. The van der Waals surface area contributed by atoms with Gasteiger partial charge in [-0.25, -0.2) is 8.78 Å². The molecule has 1 heterocycles. The van der Waals surface area contributed by atoms with Gasteiger partial charge in [-0.2, -0.15) is 0 Å². The lowest BCUT2D eigenvalue weighted by atomic mass is 10.1. The van der Waals surface area contributed by atoms with Gasteiger partial charge in [0, 0.05) is 25.6 Å². The number of halogens is 2. The van der Waals surface area contributed by atoms with E-state index in [0.29, 0.717) is 13.1 Å². The Morgan fingerprint density at radius 1 is 1.44 bits per heavy atom. The van der Waals surface area contributed by atoms with Gasteiger partial charge in [-0.15, -0.1) is 0 Å². The first-order chi connectivity index (χ1) is 8.58. The van der Waals surface area contributed by atoms with Crippen LogP contribution in [0.4, 0.5) is 8.78 Å². The van der Waals surface area contributed by atoms with Gasteiger partial charge in [0.25, 0.3) is 5.91 Å². The van der Waals surface area contributed by atoms with Crippen LogP contribution in [0, 0.1) is 17.6 Å². The largest absolute Gasteiger partial charge is 0.391 e. The van der Waals surface area contributed by atoms with Crippen LogP contribution in [-0.4, -0.2) is 36.8 Å². The molecule has 2 unspecified atom stereocenters. The van der Waals surface area contributed by atoms with Gasteiger partial charge in [0.2, 0.25) is 0 Å². The highest BCUT2D eigenvalue weighted by Crippen LogP contribution is 2.11. The number of carbonyl (C=O) groups excluding carboxylic acids is 1. The highest BCUT2D eigenvalue weighted by atomic mass is 19.1. The Morgan fingerprint density at radius 2 is 2.22 bits per heavy atom. The second kappa shape index (κ2) is 5.41. The zero-order chi connectivity index (χ0) is 13.1. The topological polar surface area (TPSA) is 61.4 Å². The van der Waals surface area contributed by atoms with Crippen molar-refractivity contribution in [3.05, 3.63) is 35.4 Å². The van der Waals surface area contributed by atoms with Crippen molar-refractivity contribution in [1.82, 2.24) is 10.6 Å². The van der Waals surface area contributed by atoms with Gasteiger partial charge in [-0.1, -0.05) is 0 Å². The van der Waals surface area contributed by atoms with E-state index in [1.54, 1.807) is 0 Å². The molecule has 0 spiro atoms. The molecule has 1 aliphatic heterocycles. The third-order valence-electron chi connectivity index (χ3n) is 3.00. The lowest BCUT2D eigenvalue weighted by Crippen LogP contribution is -2.34. The van der Waals surface area contributed by atoms with E-state index < -0.39 is 23.6 Å². The number of rotatable bonds is 3. The lowest BCUT2D eigenvalue weighted by Gasteiger charge is -2.14. The first-order valence-corrected chi connectivity index (χ1v) is 5.70. The summed E-state index contributed by atoms with van der Waals surface area (Å²) < 4.78 is 26.2. The van der Waals surface area contributed by atoms with Gasteiger partial charge >= 0.3 is 0 Å². The van der Waals surface area contributed by atoms with Crippen LogP contribution < -0.4 is 10.6 Å². The Bertz CT molecular complexity index is 454. The fraction of sp³-hybridized carbons (Fsp3) is 0.417. The van der Waals surface area contributed by atoms with E-state index in [0.717, 1.165) is 18.2 Å². The monoisotopic (exact) mass is 256 g/mol. The molecular formula is C12H14F2N2O2. The van der Waals surface area contributed by atoms with E-state index in [4.69, 9.17) is 0 Å². The molecule has 1 saturated heterocycles. The molecule has 0 bridgehead atoms. The van der Waals surface area contributed by atoms with Gasteiger partial charge in [-0.05, 0) is 18.2 Å². The summed E-state index contributed by atoms with van der Waals surface area (Å²) in [5.74, 6) is -2.21. The lowest BCUT2D eigenvalue weighted by molar-refractivity contribution is 0.0922. The summed E-state index contributed by atoms with van der Waals surface area (Å²) in [6, 6.07) is 2.72. The Hall–Kier alpha value is -1.53. The molecule has 18 heavy (non-hydrogen) atoms. The SMILES string of the molecule is O=C(NCC1CNCC1O)c1cc(F)ccc1F. The van der Waals surface area contributed by atoms with Crippen molar-refractivity contribution in [3.8, 4) is 0 Å². The van der Waals surface area contributed by atoms with E-state index in [1.807, 2.05) is 0 Å². The first kappa shape index (κ1) is 12.9. The summed E-state index contributed by atoms with van der Waals surface area (Å²) in [4.78, 5) is 11.7. The van der Waals surface area contributed by atoms with Crippen LogP contribution in [-0.2, 0) is 0 Å². The average molecular weight is 256 g/mol. The third-order valence-corrected chi connectivity index (χ3v) is 3.00. The van der Waals surface area contributed by atoms with E-state index in [9.17, 15) is 18.7 Å². The van der Waals surface area contributed by atoms with Crippen LogP contribution in [0.5, 0.6) is 0 Å². The van der Waals surface area contributed by atoms with Gasteiger partial charge in [0.15, 0.2) is 0 Å². The van der Waals surface area contributed by atoms with Crippen LogP contribution in [0.1, 0.15) is 10.4 Å². The van der Waals surface area contributed by atoms with Crippen LogP contribution >= 0.6 is 0 Å². The zero-order valence-corrected chi connectivity index (χ0v) is 9.62. The molecule has 0 radical (unpaired) electrons. The van der Waals surface area contributed by atoms with E-state index in [1.165, 1.54) is 0 Å². The molecule has 3 N–H and O–H groups in total. The number of aliphatic hydroxyl groups excluding tert-OH is 1. The number of nitrogens with one attached hydrogen (secondary N) is 2. The summed E-state index contributed by atoms with van der Waals surface area (Å²) in [5, 5.41) is 15.0. The molecule has 98 valence electrons. The molecular weight excluding hydrogens is 242 g/mol. The van der Waals surface area contributed by atoms with Crippen molar-refractivity contribution in [3.63, 3.8) is 0 Å². The third kappa shape index (κ3) is 2.83. The van der Waals surface area contributed by atoms with Crippen molar-refractivity contribution in [2.24, 2.45) is 5.92 Å². The summed E-state index contributed by atoms with van der Waals surface area (Å²) in [6.45, 7) is 1.30. The predicted octanol–water partition coefficient (Wildman–Crippen LogP) is 0.275. The van der Waals surface area contributed by atoms with Crippen molar-refractivity contribution in [2.45, 2.75) is 6.10 Å². The van der Waals surface area contributed by atoms with E-state index >= 15 is 0 Å². The molecule has 0 aliphatic carbocycles. The molecule has 1 fully saturated rings. The second-order valence-electron chi connectivity index (χ2n) is 4.32. The molecule has 0 saturated carbocycles. The quantitative estimate of drug-likeness (QED) is 0.727. The molecule has 1 aromatic carbocycles.